The molecule has 0 spiro atoms. The summed E-state index contributed by atoms with van der Waals surface area (Å²) in [7, 11) is 0. The average molecular weight is 204 g/mol. The lowest BCUT2D eigenvalue weighted by molar-refractivity contribution is 0.331. The molecule has 2 rings (SSSR count). The Labute approximate surface area is 92.1 Å². The van der Waals surface area contributed by atoms with E-state index in [0.29, 0.717) is 12.1 Å². The number of benzene rings is 1. The number of nitrogens with one attached hydrogen (secondary N) is 2. The molecule has 0 bridgehead atoms. The van der Waals surface area contributed by atoms with Gasteiger partial charge in [0.2, 0.25) is 0 Å². The Morgan fingerprint density at radius 3 is 2.87 bits per heavy atom. The smallest absolute Gasteiger partial charge is 0.0208 e. The van der Waals surface area contributed by atoms with Crippen molar-refractivity contribution in [2.24, 2.45) is 0 Å². The van der Waals surface area contributed by atoms with Crippen molar-refractivity contribution in [1.82, 2.24) is 10.6 Å². The fourth-order valence-corrected chi connectivity index (χ4v) is 2.18. The molecule has 0 aromatic heterocycles. The molecule has 2 heteroatoms. The van der Waals surface area contributed by atoms with Crippen LogP contribution in [0.5, 0.6) is 0 Å². The molecule has 1 aliphatic heterocycles. The average Bonchev–Trinajstić information content (AvgIpc) is 2.28. The highest BCUT2D eigenvalue weighted by Gasteiger charge is 2.17. The van der Waals surface area contributed by atoms with Gasteiger partial charge in [0.25, 0.3) is 0 Å². The maximum absolute atomic E-state index is 3.63. The summed E-state index contributed by atoms with van der Waals surface area (Å²) in [6.07, 6.45) is 2.49. The van der Waals surface area contributed by atoms with Crippen molar-refractivity contribution in [3.63, 3.8) is 0 Å². The van der Waals surface area contributed by atoms with Gasteiger partial charge in [-0.2, -0.15) is 0 Å². The molecule has 1 fully saturated rings. The SMILES string of the molecule is CC1CC(NCc2ccccc2)CCN1. The van der Waals surface area contributed by atoms with Crippen molar-refractivity contribution in [1.29, 1.82) is 0 Å². The van der Waals surface area contributed by atoms with Crippen LogP contribution in [0.1, 0.15) is 25.3 Å². The van der Waals surface area contributed by atoms with Gasteiger partial charge in [-0.15, -0.1) is 0 Å². The van der Waals surface area contributed by atoms with E-state index < -0.39 is 0 Å². The number of piperidine rings is 1. The Morgan fingerprint density at radius 2 is 2.13 bits per heavy atom. The van der Waals surface area contributed by atoms with Crippen molar-refractivity contribution in [2.75, 3.05) is 6.54 Å². The first-order chi connectivity index (χ1) is 7.34. The molecule has 2 N–H and O–H groups in total. The first-order valence-electron chi connectivity index (χ1n) is 5.85. The minimum Gasteiger partial charge on any atom is -0.314 e. The van der Waals surface area contributed by atoms with E-state index in [2.05, 4.69) is 47.9 Å². The fourth-order valence-electron chi connectivity index (χ4n) is 2.18. The highest BCUT2D eigenvalue weighted by molar-refractivity contribution is 5.14. The van der Waals surface area contributed by atoms with E-state index in [1.54, 1.807) is 0 Å². The predicted molar refractivity (Wildman–Crippen MR) is 63.8 cm³/mol. The van der Waals surface area contributed by atoms with Gasteiger partial charge in [0.15, 0.2) is 0 Å². The molecule has 0 radical (unpaired) electrons. The molecule has 2 atom stereocenters. The second kappa shape index (κ2) is 5.29. The summed E-state index contributed by atoms with van der Waals surface area (Å²) < 4.78 is 0. The van der Waals surface area contributed by atoms with Gasteiger partial charge in [-0.05, 0) is 31.9 Å². The Bertz CT molecular complexity index is 284. The van der Waals surface area contributed by atoms with Gasteiger partial charge in [-0.1, -0.05) is 30.3 Å². The topological polar surface area (TPSA) is 24.1 Å². The van der Waals surface area contributed by atoms with E-state index in [4.69, 9.17) is 0 Å². The summed E-state index contributed by atoms with van der Waals surface area (Å²) in [5.41, 5.74) is 1.38. The van der Waals surface area contributed by atoms with Crippen molar-refractivity contribution in [3.05, 3.63) is 35.9 Å². The molecule has 0 saturated carbocycles. The second-order valence-corrected chi connectivity index (χ2v) is 4.44. The van der Waals surface area contributed by atoms with Crippen molar-refractivity contribution in [2.45, 2.75) is 38.4 Å². The molecule has 1 saturated heterocycles. The lowest BCUT2D eigenvalue weighted by Crippen LogP contribution is -2.44. The summed E-state index contributed by atoms with van der Waals surface area (Å²) in [4.78, 5) is 0. The summed E-state index contributed by atoms with van der Waals surface area (Å²) in [6, 6.07) is 12.0. The zero-order valence-electron chi connectivity index (χ0n) is 9.37. The van der Waals surface area contributed by atoms with Crippen LogP contribution < -0.4 is 10.6 Å². The molecule has 1 aliphatic rings. The zero-order valence-corrected chi connectivity index (χ0v) is 9.37. The van der Waals surface area contributed by atoms with Crippen LogP contribution in [0.4, 0.5) is 0 Å². The van der Waals surface area contributed by atoms with Crippen LogP contribution in [-0.4, -0.2) is 18.6 Å². The third-order valence-corrected chi connectivity index (χ3v) is 3.06. The Balaban J connectivity index is 1.78. The van der Waals surface area contributed by atoms with E-state index in [-0.39, 0.29) is 0 Å². The van der Waals surface area contributed by atoms with Crippen LogP contribution in [-0.2, 0) is 6.54 Å². The van der Waals surface area contributed by atoms with Crippen molar-refractivity contribution < 1.29 is 0 Å². The van der Waals surface area contributed by atoms with E-state index in [9.17, 15) is 0 Å². The van der Waals surface area contributed by atoms with Crippen LogP contribution in [0.3, 0.4) is 0 Å². The fraction of sp³-hybridized carbons (Fsp3) is 0.538. The van der Waals surface area contributed by atoms with E-state index in [1.807, 2.05) is 0 Å². The molecule has 1 aromatic carbocycles. The number of rotatable bonds is 3. The molecule has 0 aliphatic carbocycles. The normalized spacial score (nSPS) is 26.5. The zero-order chi connectivity index (χ0) is 10.5. The van der Waals surface area contributed by atoms with Crippen LogP contribution in [0.2, 0.25) is 0 Å². The van der Waals surface area contributed by atoms with Gasteiger partial charge in [-0.3, -0.25) is 0 Å². The lowest BCUT2D eigenvalue weighted by atomic mass is 10.0. The van der Waals surface area contributed by atoms with E-state index in [1.165, 1.54) is 18.4 Å². The number of hydrogen-bond donors (Lipinski definition) is 2. The van der Waals surface area contributed by atoms with Gasteiger partial charge in [0.05, 0.1) is 0 Å². The highest BCUT2D eigenvalue weighted by atomic mass is 15.0. The van der Waals surface area contributed by atoms with Gasteiger partial charge >= 0.3 is 0 Å². The molecular formula is C13H20N2. The van der Waals surface area contributed by atoms with Crippen LogP contribution in [0.25, 0.3) is 0 Å². The molecule has 82 valence electrons. The number of hydrogen-bond acceptors (Lipinski definition) is 2. The first kappa shape index (κ1) is 10.7. The molecule has 1 aromatic rings. The maximum Gasteiger partial charge on any atom is 0.0208 e. The predicted octanol–water partition coefficient (Wildman–Crippen LogP) is 1.92. The third kappa shape index (κ3) is 3.33. The van der Waals surface area contributed by atoms with Crippen LogP contribution >= 0.6 is 0 Å². The molecule has 2 unspecified atom stereocenters. The lowest BCUT2D eigenvalue weighted by Gasteiger charge is -2.28. The monoisotopic (exact) mass is 204 g/mol. The summed E-state index contributed by atoms with van der Waals surface area (Å²) in [6.45, 7) is 4.40. The molecule has 15 heavy (non-hydrogen) atoms. The highest BCUT2D eigenvalue weighted by Crippen LogP contribution is 2.09. The molecular weight excluding hydrogens is 184 g/mol. The van der Waals surface area contributed by atoms with E-state index in [0.717, 1.165) is 13.1 Å². The summed E-state index contributed by atoms with van der Waals surface area (Å²) >= 11 is 0. The van der Waals surface area contributed by atoms with E-state index >= 15 is 0 Å². The van der Waals surface area contributed by atoms with Gasteiger partial charge in [0.1, 0.15) is 0 Å². The Morgan fingerprint density at radius 1 is 1.33 bits per heavy atom. The Hall–Kier alpha value is -0.860. The van der Waals surface area contributed by atoms with Crippen molar-refractivity contribution >= 4 is 0 Å². The third-order valence-electron chi connectivity index (χ3n) is 3.06. The largest absolute Gasteiger partial charge is 0.314 e. The van der Waals surface area contributed by atoms with Gasteiger partial charge in [0, 0.05) is 18.6 Å². The minimum atomic E-state index is 0.659. The standard InChI is InChI=1S/C13H20N2/c1-11-9-13(7-8-14-11)15-10-12-5-3-2-4-6-12/h2-6,11,13-15H,7-10H2,1H3. The van der Waals surface area contributed by atoms with Gasteiger partial charge in [-0.25, -0.2) is 0 Å². The van der Waals surface area contributed by atoms with Crippen LogP contribution in [0.15, 0.2) is 30.3 Å². The summed E-state index contributed by atoms with van der Waals surface area (Å²) in [5.74, 6) is 0. The first-order valence-corrected chi connectivity index (χ1v) is 5.85. The quantitative estimate of drug-likeness (QED) is 0.786. The molecule has 1 heterocycles. The summed E-state index contributed by atoms with van der Waals surface area (Å²) in [5, 5.41) is 7.10. The minimum absolute atomic E-state index is 0.659. The second-order valence-electron chi connectivity index (χ2n) is 4.44. The molecule has 0 amide bonds. The Kier molecular flexibility index (Phi) is 3.75. The maximum atomic E-state index is 3.63. The van der Waals surface area contributed by atoms with Crippen LogP contribution in [0, 0.1) is 0 Å². The van der Waals surface area contributed by atoms with Gasteiger partial charge < -0.3 is 10.6 Å². The van der Waals surface area contributed by atoms with Crippen molar-refractivity contribution in [3.8, 4) is 0 Å². The molecule has 2 nitrogen and oxygen atoms in total.